The summed E-state index contributed by atoms with van der Waals surface area (Å²) in [5.74, 6) is -1.00. The lowest BCUT2D eigenvalue weighted by atomic mass is 10.3. The minimum absolute atomic E-state index is 0.144. The van der Waals surface area contributed by atoms with Gasteiger partial charge in [-0.05, 0) is 18.2 Å². The number of benzene rings is 1. The summed E-state index contributed by atoms with van der Waals surface area (Å²) in [7, 11) is 1.60. The monoisotopic (exact) mass is 297 g/mol. The molecule has 0 radical (unpaired) electrons. The molecule has 0 saturated heterocycles. The molecule has 20 heavy (non-hydrogen) atoms. The van der Waals surface area contributed by atoms with E-state index in [1.807, 2.05) is 0 Å². The molecule has 0 amide bonds. The minimum Gasteiger partial charge on any atom is -0.430 e. The van der Waals surface area contributed by atoms with E-state index in [2.05, 4.69) is 10.3 Å². The third-order valence-electron chi connectivity index (χ3n) is 2.42. The summed E-state index contributed by atoms with van der Waals surface area (Å²) in [6, 6.07) is 6.75. The Kier molecular flexibility index (Phi) is 3.99. The first-order valence-electron chi connectivity index (χ1n) is 5.48. The van der Waals surface area contributed by atoms with E-state index in [0.717, 1.165) is 0 Å². The van der Waals surface area contributed by atoms with Crippen LogP contribution in [0.15, 0.2) is 30.3 Å². The molecule has 0 aliphatic rings. The first-order valence-corrected chi connectivity index (χ1v) is 5.85. The fraction of sp³-hybridized carbons (Fsp3) is 0.0833. The number of nitrogens with one attached hydrogen (secondary N) is 1. The Balaban J connectivity index is 2.46. The summed E-state index contributed by atoms with van der Waals surface area (Å²) in [6.45, 7) is 0. The fourth-order valence-electron chi connectivity index (χ4n) is 1.45. The number of nitro groups is 1. The maximum atomic E-state index is 13.7. The Morgan fingerprint density at radius 3 is 2.80 bits per heavy atom. The largest absolute Gasteiger partial charge is 0.430 e. The average molecular weight is 298 g/mol. The minimum atomic E-state index is -0.805. The standard InChI is InChI=1S/C12H9ClFN3O3/c1-15-10-6-5-8(17(18)19)12(16-10)20-9-4-2-3-7(13)11(9)14/h2-6H,1H3,(H,15,16). The van der Waals surface area contributed by atoms with Crippen LogP contribution in [0.2, 0.25) is 5.02 Å². The Morgan fingerprint density at radius 2 is 2.15 bits per heavy atom. The molecular weight excluding hydrogens is 289 g/mol. The van der Waals surface area contributed by atoms with Crippen LogP contribution in [0.25, 0.3) is 0 Å². The quantitative estimate of drug-likeness (QED) is 0.689. The number of rotatable bonds is 4. The van der Waals surface area contributed by atoms with E-state index in [-0.39, 0.29) is 22.3 Å². The summed E-state index contributed by atoms with van der Waals surface area (Å²) in [6.07, 6.45) is 0. The average Bonchev–Trinajstić information content (AvgIpc) is 2.43. The number of aromatic nitrogens is 1. The van der Waals surface area contributed by atoms with E-state index in [9.17, 15) is 14.5 Å². The molecule has 0 atom stereocenters. The predicted octanol–water partition coefficient (Wildman–Crippen LogP) is 3.62. The first kappa shape index (κ1) is 14.0. The number of pyridine rings is 1. The number of halogens is 2. The zero-order valence-electron chi connectivity index (χ0n) is 10.3. The van der Waals surface area contributed by atoms with Crippen molar-refractivity contribution in [2.75, 3.05) is 12.4 Å². The summed E-state index contributed by atoms with van der Waals surface area (Å²) in [4.78, 5) is 14.1. The van der Waals surface area contributed by atoms with Crippen molar-refractivity contribution < 1.29 is 14.1 Å². The molecule has 104 valence electrons. The van der Waals surface area contributed by atoms with Gasteiger partial charge < -0.3 is 10.1 Å². The Morgan fingerprint density at radius 1 is 1.40 bits per heavy atom. The Bertz CT molecular complexity index is 666. The highest BCUT2D eigenvalue weighted by atomic mass is 35.5. The molecule has 0 spiro atoms. The number of nitrogens with zero attached hydrogens (tertiary/aromatic N) is 2. The van der Waals surface area contributed by atoms with E-state index < -0.39 is 10.7 Å². The maximum Gasteiger partial charge on any atom is 0.331 e. The lowest BCUT2D eigenvalue weighted by Gasteiger charge is -2.08. The van der Waals surface area contributed by atoms with Crippen LogP contribution in [0.3, 0.4) is 0 Å². The van der Waals surface area contributed by atoms with Gasteiger partial charge in [-0.1, -0.05) is 17.7 Å². The molecule has 6 nitrogen and oxygen atoms in total. The van der Waals surface area contributed by atoms with Crippen molar-refractivity contribution in [1.82, 2.24) is 4.98 Å². The van der Waals surface area contributed by atoms with Crippen molar-refractivity contribution in [1.29, 1.82) is 0 Å². The van der Waals surface area contributed by atoms with E-state index in [1.165, 1.54) is 30.3 Å². The lowest BCUT2D eigenvalue weighted by Crippen LogP contribution is -2.00. The molecule has 8 heteroatoms. The van der Waals surface area contributed by atoms with Gasteiger partial charge in [0.2, 0.25) is 0 Å². The highest BCUT2D eigenvalue weighted by molar-refractivity contribution is 6.30. The van der Waals surface area contributed by atoms with E-state index in [4.69, 9.17) is 16.3 Å². The van der Waals surface area contributed by atoms with Crippen molar-refractivity contribution in [3.63, 3.8) is 0 Å². The van der Waals surface area contributed by atoms with Crippen LogP contribution in [0.1, 0.15) is 0 Å². The molecule has 1 N–H and O–H groups in total. The molecule has 0 unspecified atom stereocenters. The third kappa shape index (κ3) is 2.77. The molecule has 2 aromatic rings. The van der Waals surface area contributed by atoms with E-state index >= 15 is 0 Å². The van der Waals surface area contributed by atoms with E-state index in [0.29, 0.717) is 5.82 Å². The highest BCUT2D eigenvalue weighted by Crippen LogP contribution is 2.33. The normalized spacial score (nSPS) is 10.2. The summed E-state index contributed by atoms with van der Waals surface area (Å²) >= 11 is 5.62. The molecule has 1 aromatic carbocycles. The SMILES string of the molecule is CNc1ccc([N+](=O)[O-])c(Oc2cccc(Cl)c2F)n1. The van der Waals surface area contributed by atoms with Crippen molar-refractivity contribution in [2.24, 2.45) is 0 Å². The summed E-state index contributed by atoms with van der Waals surface area (Å²) in [5.41, 5.74) is -0.372. The Labute approximate surface area is 118 Å². The number of hydrogen-bond acceptors (Lipinski definition) is 5. The van der Waals surface area contributed by atoms with Crippen LogP contribution < -0.4 is 10.1 Å². The van der Waals surface area contributed by atoms with Gasteiger partial charge in [0.05, 0.1) is 9.95 Å². The topological polar surface area (TPSA) is 77.3 Å². The molecule has 2 rings (SSSR count). The molecule has 0 fully saturated rings. The van der Waals surface area contributed by atoms with Gasteiger partial charge in [0, 0.05) is 13.1 Å². The van der Waals surface area contributed by atoms with Gasteiger partial charge in [-0.3, -0.25) is 10.1 Å². The second kappa shape index (κ2) is 5.70. The number of ether oxygens (including phenoxy) is 1. The van der Waals surface area contributed by atoms with Crippen LogP contribution >= 0.6 is 11.6 Å². The molecule has 0 saturated carbocycles. The maximum absolute atomic E-state index is 13.7. The van der Waals surface area contributed by atoms with Crippen molar-refractivity contribution in [3.8, 4) is 11.6 Å². The lowest BCUT2D eigenvalue weighted by molar-refractivity contribution is -0.386. The first-order chi connectivity index (χ1) is 9.52. The van der Waals surface area contributed by atoms with Gasteiger partial charge in [-0.15, -0.1) is 0 Å². The third-order valence-corrected chi connectivity index (χ3v) is 2.71. The number of anilines is 1. The molecule has 0 aliphatic carbocycles. The molecule has 1 heterocycles. The molecule has 0 bridgehead atoms. The fourth-order valence-corrected chi connectivity index (χ4v) is 1.62. The van der Waals surface area contributed by atoms with Gasteiger partial charge in [0.25, 0.3) is 0 Å². The van der Waals surface area contributed by atoms with Gasteiger partial charge in [-0.2, -0.15) is 4.98 Å². The van der Waals surface area contributed by atoms with Crippen LogP contribution in [0, 0.1) is 15.9 Å². The van der Waals surface area contributed by atoms with Crippen LogP contribution in [-0.2, 0) is 0 Å². The Hall–Kier alpha value is -2.41. The number of hydrogen-bond donors (Lipinski definition) is 1. The van der Waals surface area contributed by atoms with Gasteiger partial charge in [-0.25, -0.2) is 4.39 Å². The van der Waals surface area contributed by atoms with Gasteiger partial charge >= 0.3 is 11.6 Å². The highest BCUT2D eigenvalue weighted by Gasteiger charge is 2.20. The zero-order chi connectivity index (χ0) is 14.7. The summed E-state index contributed by atoms with van der Waals surface area (Å²) in [5, 5.41) is 13.5. The second-order valence-corrected chi connectivity index (χ2v) is 4.09. The van der Waals surface area contributed by atoms with Gasteiger partial charge in [0.15, 0.2) is 11.6 Å². The van der Waals surface area contributed by atoms with Crippen molar-refractivity contribution in [2.45, 2.75) is 0 Å². The van der Waals surface area contributed by atoms with E-state index in [1.54, 1.807) is 7.05 Å². The van der Waals surface area contributed by atoms with Crippen LogP contribution in [0.4, 0.5) is 15.9 Å². The summed E-state index contributed by atoms with van der Waals surface area (Å²) < 4.78 is 18.9. The zero-order valence-corrected chi connectivity index (χ0v) is 11.0. The van der Waals surface area contributed by atoms with Crippen LogP contribution in [-0.4, -0.2) is 17.0 Å². The van der Waals surface area contributed by atoms with Crippen LogP contribution in [0.5, 0.6) is 11.6 Å². The van der Waals surface area contributed by atoms with Crippen molar-refractivity contribution in [3.05, 3.63) is 51.3 Å². The second-order valence-electron chi connectivity index (χ2n) is 3.68. The molecule has 1 aromatic heterocycles. The molecular formula is C12H9ClFN3O3. The predicted molar refractivity (Wildman–Crippen MR) is 71.9 cm³/mol. The molecule has 0 aliphatic heterocycles. The van der Waals surface area contributed by atoms with Gasteiger partial charge in [0.1, 0.15) is 5.82 Å². The van der Waals surface area contributed by atoms with Crippen molar-refractivity contribution >= 4 is 23.1 Å². The smallest absolute Gasteiger partial charge is 0.331 e.